The standard InChI is InChI=1S/C18H21Cl2N3O/c19-17-6-5-15(13-18(17)20)23-11-7-14(21-23)12-16(24)4-3-10-22-8-1-2-9-22/h5-7,11,13H,1-4,8-10,12H2. The Hall–Kier alpha value is -1.36. The number of aromatic nitrogens is 2. The van der Waals surface area contributed by atoms with E-state index in [-0.39, 0.29) is 5.78 Å². The van der Waals surface area contributed by atoms with E-state index in [9.17, 15) is 4.79 Å². The van der Waals surface area contributed by atoms with E-state index in [2.05, 4.69) is 10.00 Å². The van der Waals surface area contributed by atoms with Gasteiger partial charge in [0.05, 0.1) is 27.8 Å². The molecule has 1 aromatic heterocycles. The van der Waals surface area contributed by atoms with Crippen LogP contribution in [0.25, 0.3) is 5.69 Å². The van der Waals surface area contributed by atoms with Crippen LogP contribution in [0.5, 0.6) is 0 Å². The molecule has 128 valence electrons. The molecule has 0 bridgehead atoms. The number of halogens is 2. The molecule has 1 aromatic carbocycles. The molecule has 0 radical (unpaired) electrons. The summed E-state index contributed by atoms with van der Waals surface area (Å²) >= 11 is 12.0. The fourth-order valence-electron chi connectivity index (χ4n) is 3.02. The van der Waals surface area contributed by atoms with Gasteiger partial charge in [-0.1, -0.05) is 23.2 Å². The maximum Gasteiger partial charge on any atom is 0.138 e. The van der Waals surface area contributed by atoms with Crippen LogP contribution in [-0.2, 0) is 11.2 Å². The van der Waals surface area contributed by atoms with Crippen molar-refractivity contribution in [3.8, 4) is 5.69 Å². The third kappa shape index (κ3) is 4.59. The Labute approximate surface area is 152 Å². The van der Waals surface area contributed by atoms with Crippen molar-refractivity contribution in [1.82, 2.24) is 14.7 Å². The summed E-state index contributed by atoms with van der Waals surface area (Å²) in [6, 6.07) is 7.23. The van der Waals surface area contributed by atoms with Gasteiger partial charge in [0.2, 0.25) is 0 Å². The minimum absolute atomic E-state index is 0.244. The number of rotatable bonds is 7. The second-order valence-electron chi connectivity index (χ2n) is 6.22. The molecular formula is C18H21Cl2N3O. The van der Waals surface area contributed by atoms with Crippen LogP contribution in [0.4, 0.5) is 0 Å². The summed E-state index contributed by atoms with van der Waals surface area (Å²) in [5.74, 6) is 0.244. The van der Waals surface area contributed by atoms with E-state index in [0.29, 0.717) is 22.9 Å². The van der Waals surface area contributed by atoms with Gasteiger partial charge in [0.15, 0.2) is 0 Å². The number of carbonyl (C=O) groups is 1. The molecule has 1 fully saturated rings. The average molecular weight is 366 g/mol. The van der Waals surface area contributed by atoms with E-state index >= 15 is 0 Å². The first-order chi connectivity index (χ1) is 11.6. The molecule has 1 aliphatic heterocycles. The highest BCUT2D eigenvalue weighted by atomic mass is 35.5. The number of likely N-dealkylation sites (tertiary alicyclic amines) is 1. The van der Waals surface area contributed by atoms with Crippen molar-refractivity contribution in [2.24, 2.45) is 0 Å². The summed E-state index contributed by atoms with van der Waals surface area (Å²) in [4.78, 5) is 14.6. The normalized spacial score (nSPS) is 15.1. The monoisotopic (exact) mass is 365 g/mol. The van der Waals surface area contributed by atoms with Crippen molar-refractivity contribution in [3.05, 3.63) is 46.2 Å². The number of benzene rings is 1. The lowest BCUT2D eigenvalue weighted by molar-refractivity contribution is -0.118. The molecule has 0 atom stereocenters. The fraction of sp³-hybridized carbons (Fsp3) is 0.444. The van der Waals surface area contributed by atoms with Crippen molar-refractivity contribution in [2.45, 2.75) is 32.1 Å². The predicted octanol–water partition coefficient (Wildman–Crippen LogP) is 4.17. The van der Waals surface area contributed by atoms with E-state index in [4.69, 9.17) is 23.2 Å². The highest BCUT2D eigenvalue weighted by Crippen LogP contribution is 2.24. The van der Waals surface area contributed by atoms with Crippen LogP contribution in [0.15, 0.2) is 30.5 Å². The van der Waals surface area contributed by atoms with Gasteiger partial charge in [0.1, 0.15) is 5.78 Å². The summed E-state index contributed by atoms with van der Waals surface area (Å²) < 4.78 is 1.72. The molecule has 2 aromatic rings. The molecule has 3 rings (SSSR count). The quantitative estimate of drug-likeness (QED) is 0.738. The Morgan fingerprint density at radius 2 is 1.92 bits per heavy atom. The molecule has 0 N–H and O–H groups in total. The lowest BCUT2D eigenvalue weighted by Gasteiger charge is -2.13. The highest BCUT2D eigenvalue weighted by molar-refractivity contribution is 6.42. The Kier molecular flexibility index (Phi) is 5.93. The Morgan fingerprint density at radius 1 is 1.12 bits per heavy atom. The largest absolute Gasteiger partial charge is 0.303 e. The molecule has 0 aliphatic carbocycles. The number of ketones is 1. The lowest BCUT2D eigenvalue weighted by atomic mass is 10.1. The van der Waals surface area contributed by atoms with Gasteiger partial charge in [-0.2, -0.15) is 5.10 Å². The summed E-state index contributed by atoms with van der Waals surface area (Å²) in [6.45, 7) is 3.40. The van der Waals surface area contributed by atoms with E-state index in [0.717, 1.165) is 24.3 Å². The summed E-state index contributed by atoms with van der Waals surface area (Å²) in [6.07, 6.45) is 6.36. The Balaban J connectivity index is 1.51. The predicted molar refractivity (Wildman–Crippen MR) is 97.2 cm³/mol. The second kappa shape index (κ2) is 8.15. The zero-order valence-corrected chi connectivity index (χ0v) is 15.1. The maximum atomic E-state index is 12.1. The number of hydrogen-bond acceptors (Lipinski definition) is 3. The van der Waals surface area contributed by atoms with Crippen LogP contribution < -0.4 is 0 Å². The first kappa shape index (κ1) is 17.5. The first-order valence-corrected chi connectivity index (χ1v) is 9.11. The molecule has 0 amide bonds. The molecule has 1 aliphatic rings. The van der Waals surface area contributed by atoms with Crippen molar-refractivity contribution >= 4 is 29.0 Å². The van der Waals surface area contributed by atoms with Gasteiger partial charge >= 0.3 is 0 Å². The maximum absolute atomic E-state index is 12.1. The zero-order valence-electron chi connectivity index (χ0n) is 13.5. The highest BCUT2D eigenvalue weighted by Gasteiger charge is 2.12. The average Bonchev–Trinajstić information content (AvgIpc) is 3.22. The molecule has 24 heavy (non-hydrogen) atoms. The number of Topliss-reactive ketones (excluding diaryl/α,β-unsaturated/α-hetero) is 1. The molecule has 0 saturated carbocycles. The minimum Gasteiger partial charge on any atom is -0.303 e. The van der Waals surface area contributed by atoms with Crippen molar-refractivity contribution in [1.29, 1.82) is 0 Å². The molecule has 0 unspecified atom stereocenters. The first-order valence-electron chi connectivity index (χ1n) is 8.36. The zero-order chi connectivity index (χ0) is 16.9. The molecule has 0 spiro atoms. The molecule has 1 saturated heterocycles. The van der Waals surface area contributed by atoms with Gasteiger partial charge in [-0.15, -0.1) is 0 Å². The molecule has 6 heteroatoms. The third-order valence-corrected chi connectivity index (χ3v) is 5.06. The number of hydrogen-bond donors (Lipinski definition) is 0. The van der Waals surface area contributed by atoms with Crippen LogP contribution in [-0.4, -0.2) is 40.1 Å². The Morgan fingerprint density at radius 3 is 2.67 bits per heavy atom. The van der Waals surface area contributed by atoms with Gasteiger partial charge in [0.25, 0.3) is 0 Å². The van der Waals surface area contributed by atoms with Gasteiger partial charge in [-0.05, 0) is 63.2 Å². The van der Waals surface area contributed by atoms with Gasteiger partial charge in [-0.25, -0.2) is 4.68 Å². The molecule has 2 heterocycles. The lowest BCUT2D eigenvalue weighted by Crippen LogP contribution is -2.21. The van der Waals surface area contributed by atoms with Crippen LogP contribution in [0, 0.1) is 0 Å². The SMILES string of the molecule is O=C(CCCN1CCCC1)Cc1ccn(-c2ccc(Cl)c(Cl)c2)n1. The molecular weight excluding hydrogens is 345 g/mol. The number of nitrogens with zero attached hydrogens (tertiary/aromatic N) is 3. The summed E-state index contributed by atoms with van der Waals surface area (Å²) in [5, 5.41) is 5.47. The molecule has 4 nitrogen and oxygen atoms in total. The fourth-order valence-corrected chi connectivity index (χ4v) is 3.32. The van der Waals surface area contributed by atoms with Gasteiger partial charge < -0.3 is 4.90 Å². The van der Waals surface area contributed by atoms with E-state index in [1.165, 1.54) is 25.9 Å². The summed E-state index contributed by atoms with van der Waals surface area (Å²) in [7, 11) is 0. The third-order valence-electron chi connectivity index (χ3n) is 4.32. The van der Waals surface area contributed by atoms with Crippen LogP contribution >= 0.6 is 23.2 Å². The van der Waals surface area contributed by atoms with E-state index in [1.807, 2.05) is 18.3 Å². The van der Waals surface area contributed by atoms with Crippen molar-refractivity contribution < 1.29 is 4.79 Å². The minimum atomic E-state index is 0.244. The van der Waals surface area contributed by atoms with Crippen molar-refractivity contribution in [3.63, 3.8) is 0 Å². The van der Waals surface area contributed by atoms with Crippen LogP contribution in [0.2, 0.25) is 10.0 Å². The van der Waals surface area contributed by atoms with E-state index < -0.39 is 0 Å². The van der Waals surface area contributed by atoms with E-state index in [1.54, 1.807) is 16.8 Å². The van der Waals surface area contributed by atoms with Crippen LogP contribution in [0.1, 0.15) is 31.4 Å². The van der Waals surface area contributed by atoms with Gasteiger partial charge in [0, 0.05) is 12.6 Å². The van der Waals surface area contributed by atoms with Crippen molar-refractivity contribution in [2.75, 3.05) is 19.6 Å². The van der Waals surface area contributed by atoms with Crippen LogP contribution in [0.3, 0.4) is 0 Å². The number of carbonyl (C=O) groups excluding carboxylic acids is 1. The Bertz CT molecular complexity index is 708. The smallest absolute Gasteiger partial charge is 0.138 e. The summed E-state index contributed by atoms with van der Waals surface area (Å²) in [5.41, 5.74) is 1.62. The second-order valence-corrected chi connectivity index (χ2v) is 7.03. The van der Waals surface area contributed by atoms with Gasteiger partial charge in [-0.3, -0.25) is 4.79 Å². The topological polar surface area (TPSA) is 38.1 Å².